The van der Waals surface area contributed by atoms with Crippen LogP contribution in [0.25, 0.3) is 11.2 Å². The van der Waals surface area contributed by atoms with E-state index in [4.69, 9.17) is 17.3 Å². The lowest BCUT2D eigenvalue weighted by molar-refractivity contribution is 0.327. The van der Waals surface area contributed by atoms with Gasteiger partial charge in [0, 0.05) is 6.54 Å². The van der Waals surface area contributed by atoms with Crippen LogP contribution in [-0.2, 0) is 6.54 Å². The molecule has 2 aromatic rings. The Hall–Kier alpha value is -1.43. The molecule has 0 saturated heterocycles. The molecule has 2 rings (SSSR count). The van der Waals surface area contributed by atoms with Crippen LogP contribution in [0.2, 0.25) is 5.15 Å². The zero-order valence-corrected chi connectivity index (χ0v) is 9.45. The molecule has 0 fully saturated rings. The van der Waals surface area contributed by atoms with Crippen molar-refractivity contribution >= 4 is 28.7 Å². The second-order valence-electron chi connectivity index (χ2n) is 3.55. The minimum absolute atomic E-state index is 0.0903. The van der Waals surface area contributed by atoms with E-state index in [9.17, 15) is 4.39 Å². The van der Waals surface area contributed by atoms with E-state index in [0.29, 0.717) is 24.1 Å². The Labute approximate surface area is 96.5 Å². The van der Waals surface area contributed by atoms with Crippen molar-refractivity contribution in [2.45, 2.75) is 26.1 Å². The average Bonchev–Trinajstić information content (AvgIpc) is 2.58. The van der Waals surface area contributed by atoms with Gasteiger partial charge in [-0.25, -0.2) is 9.37 Å². The lowest BCUT2D eigenvalue weighted by atomic mass is 10.3. The Balaban J connectivity index is 2.40. The molecule has 0 radical (unpaired) electrons. The number of alkyl halides is 1. The highest BCUT2D eigenvalue weighted by molar-refractivity contribution is 6.33. The summed E-state index contributed by atoms with van der Waals surface area (Å²) in [5, 5.41) is 0.217. The van der Waals surface area contributed by atoms with E-state index < -0.39 is 6.17 Å². The topological polar surface area (TPSA) is 69.6 Å². The Morgan fingerprint density at radius 3 is 3.00 bits per heavy atom. The molecule has 16 heavy (non-hydrogen) atoms. The van der Waals surface area contributed by atoms with E-state index in [-0.39, 0.29) is 11.1 Å². The van der Waals surface area contributed by atoms with E-state index in [1.807, 2.05) is 0 Å². The van der Waals surface area contributed by atoms with Crippen molar-refractivity contribution in [3.8, 4) is 0 Å². The minimum atomic E-state index is -0.868. The smallest absolute Gasteiger partial charge is 0.223 e. The summed E-state index contributed by atoms with van der Waals surface area (Å²) in [7, 11) is 0. The number of fused-ring (bicyclic) bond motifs is 1. The van der Waals surface area contributed by atoms with Crippen LogP contribution in [-0.4, -0.2) is 25.7 Å². The molecule has 86 valence electrons. The Kier molecular flexibility index (Phi) is 2.91. The molecule has 5 nitrogen and oxygen atoms in total. The third kappa shape index (κ3) is 2.06. The van der Waals surface area contributed by atoms with E-state index in [1.165, 1.54) is 6.92 Å². The number of hydrogen-bond donors (Lipinski definition) is 1. The normalized spacial score (nSPS) is 13.2. The number of aryl methyl sites for hydroxylation is 1. The molecule has 0 spiro atoms. The molecule has 2 aromatic heterocycles. The van der Waals surface area contributed by atoms with Gasteiger partial charge in [-0.1, -0.05) is 11.6 Å². The van der Waals surface area contributed by atoms with Crippen LogP contribution in [0, 0.1) is 0 Å². The van der Waals surface area contributed by atoms with Gasteiger partial charge in [-0.15, -0.1) is 0 Å². The summed E-state index contributed by atoms with van der Waals surface area (Å²) in [6.45, 7) is 2.00. The molecule has 1 atom stereocenters. The number of rotatable bonds is 3. The van der Waals surface area contributed by atoms with Crippen LogP contribution in [0.5, 0.6) is 0 Å². The van der Waals surface area contributed by atoms with Gasteiger partial charge in [0.1, 0.15) is 5.52 Å². The summed E-state index contributed by atoms with van der Waals surface area (Å²) < 4.78 is 14.5. The molecule has 0 amide bonds. The quantitative estimate of drug-likeness (QED) is 0.835. The SMILES string of the molecule is CC(F)CCn1cnc2c(Cl)nc(N)nc21. The predicted octanol–water partition coefficient (Wildman–Crippen LogP) is 1.81. The first kappa shape index (κ1) is 11.1. The van der Waals surface area contributed by atoms with Gasteiger partial charge in [-0.3, -0.25) is 0 Å². The average molecular weight is 244 g/mol. The highest BCUT2D eigenvalue weighted by atomic mass is 35.5. The first-order valence-corrected chi connectivity index (χ1v) is 5.23. The van der Waals surface area contributed by atoms with Crippen molar-refractivity contribution in [2.24, 2.45) is 0 Å². The number of nitrogens with zero attached hydrogens (tertiary/aromatic N) is 4. The Morgan fingerprint density at radius 2 is 2.31 bits per heavy atom. The first-order chi connectivity index (χ1) is 7.58. The number of aromatic nitrogens is 4. The standard InChI is InChI=1S/C9H11ClFN5/c1-5(11)2-3-16-4-13-6-7(10)14-9(12)15-8(6)16/h4-5H,2-3H2,1H3,(H2,12,14,15). The van der Waals surface area contributed by atoms with Gasteiger partial charge in [0.25, 0.3) is 0 Å². The van der Waals surface area contributed by atoms with Gasteiger partial charge >= 0.3 is 0 Å². The molecule has 0 saturated carbocycles. The van der Waals surface area contributed by atoms with Crippen LogP contribution in [0.4, 0.5) is 10.3 Å². The van der Waals surface area contributed by atoms with Gasteiger partial charge < -0.3 is 10.3 Å². The molecular weight excluding hydrogens is 233 g/mol. The van der Waals surface area contributed by atoms with E-state index in [1.54, 1.807) is 10.9 Å². The Morgan fingerprint density at radius 1 is 1.56 bits per heavy atom. The lowest BCUT2D eigenvalue weighted by Crippen LogP contribution is -2.04. The van der Waals surface area contributed by atoms with Crippen molar-refractivity contribution in [3.05, 3.63) is 11.5 Å². The lowest BCUT2D eigenvalue weighted by Gasteiger charge is -2.04. The number of anilines is 1. The van der Waals surface area contributed by atoms with Gasteiger partial charge in [0.2, 0.25) is 5.95 Å². The van der Waals surface area contributed by atoms with E-state index >= 15 is 0 Å². The summed E-state index contributed by atoms with van der Waals surface area (Å²) >= 11 is 5.86. The summed E-state index contributed by atoms with van der Waals surface area (Å²) in [5.41, 5.74) is 6.52. The highest BCUT2D eigenvalue weighted by Gasteiger charge is 2.11. The molecule has 0 aliphatic heterocycles. The first-order valence-electron chi connectivity index (χ1n) is 4.86. The number of hydrogen-bond acceptors (Lipinski definition) is 4. The second kappa shape index (κ2) is 4.21. The van der Waals surface area contributed by atoms with Crippen molar-refractivity contribution in [1.29, 1.82) is 0 Å². The third-order valence-electron chi connectivity index (χ3n) is 2.21. The summed E-state index contributed by atoms with van der Waals surface area (Å²) in [6, 6.07) is 0. The molecule has 0 aliphatic rings. The zero-order chi connectivity index (χ0) is 11.7. The van der Waals surface area contributed by atoms with Gasteiger partial charge in [-0.05, 0) is 13.3 Å². The van der Waals surface area contributed by atoms with Gasteiger partial charge in [0.05, 0.1) is 12.5 Å². The zero-order valence-electron chi connectivity index (χ0n) is 8.69. The highest BCUT2D eigenvalue weighted by Crippen LogP contribution is 2.19. The fraction of sp³-hybridized carbons (Fsp3) is 0.444. The van der Waals surface area contributed by atoms with Crippen molar-refractivity contribution in [3.63, 3.8) is 0 Å². The van der Waals surface area contributed by atoms with Crippen LogP contribution >= 0.6 is 11.6 Å². The van der Waals surface area contributed by atoms with Gasteiger partial charge in [0.15, 0.2) is 10.8 Å². The molecule has 0 bridgehead atoms. The number of halogens is 2. The molecular formula is C9H11ClFN5. The van der Waals surface area contributed by atoms with E-state index in [2.05, 4.69) is 15.0 Å². The summed E-state index contributed by atoms with van der Waals surface area (Å²) in [6.07, 6.45) is 1.09. The monoisotopic (exact) mass is 243 g/mol. The van der Waals surface area contributed by atoms with Crippen molar-refractivity contribution in [2.75, 3.05) is 5.73 Å². The fourth-order valence-electron chi connectivity index (χ4n) is 1.41. The number of nitrogens with two attached hydrogens (primary N) is 1. The number of imidazole rings is 1. The summed E-state index contributed by atoms with van der Waals surface area (Å²) in [5.74, 6) is 0.0903. The molecule has 7 heteroatoms. The molecule has 0 aliphatic carbocycles. The predicted molar refractivity (Wildman–Crippen MR) is 59.9 cm³/mol. The van der Waals surface area contributed by atoms with Gasteiger partial charge in [-0.2, -0.15) is 9.97 Å². The minimum Gasteiger partial charge on any atom is -0.368 e. The maximum absolute atomic E-state index is 12.7. The third-order valence-corrected chi connectivity index (χ3v) is 2.47. The molecule has 2 N–H and O–H groups in total. The number of nitrogen functional groups attached to an aromatic ring is 1. The maximum atomic E-state index is 12.7. The molecule has 1 unspecified atom stereocenters. The molecule has 2 heterocycles. The largest absolute Gasteiger partial charge is 0.368 e. The molecule has 0 aromatic carbocycles. The van der Waals surface area contributed by atoms with Crippen LogP contribution in [0.15, 0.2) is 6.33 Å². The fourth-order valence-corrected chi connectivity index (χ4v) is 1.63. The Bertz CT molecular complexity index is 510. The summed E-state index contributed by atoms with van der Waals surface area (Å²) in [4.78, 5) is 11.9. The second-order valence-corrected chi connectivity index (χ2v) is 3.91. The van der Waals surface area contributed by atoms with Crippen LogP contribution < -0.4 is 5.73 Å². The van der Waals surface area contributed by atoms with E-state index in [0.717, 1.165) is 0 Å². The van der Waals surface area contributed by atoms with Crippen molar-refractivity contribution in [1.82, 2.24) is 19.5 Å². The van der Waals surface area contributed by atoms with Crippen LogP contribution in [0.3, 0.4) is 0 Å². The van der Waals surface area contributed by atoms with Crippen molar-refractivity contribution < 1.29 is 4.39 Å². The maximum Gasteiger partial charge on any atom is 0.223 e. The van der Waals surface area contributed by atoms with Crippen LogP contribution in [0.1, 0.15) is 13.3 Å².